The minimum absolute atomic E-state index is 0.147. The van der Waals surface area contributed by atoms with Crippen molar-refractivity contribution in [2.75, 3.05) is 7.11 Å². The zero-order valence-corrected chi connectivity index (χ0v) is 16.5. The molecule has 24 heavy (non-hydrogen) atoms. The topological polar surface area (TPSA) is 46.5 Å². The van der Waals surface area contributed by atoms with Crippen LogP contribution in [-0.4, -0.2) is 39.2 Å². The van der Waals surface area contributed by atoms with Gasteiger partial charge in [-0.05, 0) is 0 Å². The number of benzene rings is 1. The van der Waals surface area contributed by atoms with E-state index < -0.39 is 10.9 Å². The molecule has 0 aromatic heterocycles. The van der Waals surface area contributed by atoms with Gasteiger partial charge in [0.15, 0.2) is 0 Å². The van der Waals surface area contributed by atoms with E-state index in [1.165, 1.54) is 18.3 Å². The molecule has 0 saturated carbocycles. The second-order valence-corrected chi connectivity index (χ2v) is 8.58. The number of hydrogen-bond donors (Lipinski definition) is 1. The maximum absolute atomic E-state index is 12.1. The number of carbonyl (C=O) groups is 1. The molecule has 0 aliphatic heterocycles. The van der Waals surface area contributed by atoms with Crippen molar-refractivity contribution in [3.05, 3.63) is 54.1 Å². The first-order valence-electron chi connectivity index (χ1n) is 8.21. The van der Waals surface area contributed by atoms with Crippen LogP contribution in [0.2, 0.25) is 4.82 Å². The molecule has 3 nitrogen and oxygen atoms in total. The molecule has 0 aliphatic carbocycles. The first-order valence-corrected chi connectivity index (χ1v) is 10.1. The quantitative estimate of drug-likeness (QED) is 0.375. The van der Waals surface area contributed by atoms with Gasteiger partial charge in [0.05, 0.1) is 0 Å². The van der Waals surface area contributed by atoms with E-state index in [-0.39, 0.29) is 20.9 Å². The van der Waals surface area contributed by atoms with Gasteiger partial charge in [-0.2, -0.15) is 0 Å². The molecule has 2 atom stereocenters. The Morgan fingerprint density at radius 2 is 1.96 bits per heavy atom. The first-order chi connectivity index (χ1) is 11.4. The van der Waals surface area contributed by atoms with Crippen molar-refractivity contribution >= 4 is 25.4 Å². The van der Waals surface area contributed by atoms with Gasteiger partial charge in [-0.15, -0.1) is 0 Å². The van der Waals surface area contributed by atoms with Gasteiger partial charge in [0.1, 0.15) is 0 Å². The van der Waals surface area contributed by atoms with Crippen LogP contribution in [0.15, 0.2) is 54.1 Å². The van der Waals surface area contributed by atoms with E-state index in [9.17, 15) is 9.90 Å². The van der Waals surface area contributed by atoms with Crippen molar-refractivity contribution in [1.82, 2.24) is 0 Å². The molecule has 1 rings (SSSR count). The van der Waals surface area contributed by atoms with E-state index >= 15 is 0 Å². The summed E-state index contributed by atoms with van der Waals surface area (Å²) in [6.45, 7) is 8.00. The van der Waals surface area contributed by atoms with Gasteiger partial charge in [0.2, 0.25) is 0 Å². The Kier molecular flexibility index (Phi) is 9.70. The third-order valence-electron chi connectivity index (χ3n) is 3.69. The van der Waals surface area contributed by atoms with Crippen molar-refractivity contribution < 1.29 is 14.6 Å². The zero-order valence-electron chi connectivity index (χ0n) is 14.8. The fraction of sp³-hybridized carbons (Fsp3) is 0.450. The van der Waals surface area contributed by atoms with E-state index in [2.05, 4.69) is 19.6 Å². The van der Waals surface area contributed by atoms with E-state index in [1.807, 2.05) is 37.3 Å². The summed E-state index contributed by atoms with van der Waals surface area (Å²) >= 11 is -0.147. The molecule has 0 heterocycles. The van der Waals surface area contributed by atoms with Crippen molar-refractivity contribution in [1.29, 1.82) is 0 Å². The first kappa shape index (κ1) is 20.7. The number of rotatable bonds is 10. The van der Waals surface area contributed by atoms with Gasteiger partial charge in [0, 0.05) is 0 Å². The van der Waals surface area contributed by atoms with Crippen molar-refractivity contribution in [3.63, 3.8) is 0 Å². The number of allylic oxidation sites excluding steroid dienone is 3. The molecule has 0 fully saturated rings. The Labute approximate surface area is 152 Å². The molecule has 0 amide bonds. The molecular formula is C20H28O3Se. The monoisotopic (exact) mass is 396 g/mol. The van der Waals surface area contributed by atoms with Crippen molar-refractivity contribution in [2.24, 2.45) is 0 Å². The predicted octanol–water partition coefficient (Wildman–Crippen LogP) is 3.42. The molecule has 0 unspecified atom stereocenters. The van der Waals surface area contributed by atoms with Crippen LogP contribution < -0.4 is 4.46 Å². The molecule has 0 aliphatic rings. The molecule has 0 saturated heterocycles. The molecule has 0 bridgehead atoms. The van der Waals surface area contributed by atoms with Crippen molar-refractivity contribution in [2.45, 2.75) is 50.5 Å². The summed E-state index contributed by atoms with van der Waals surface area (Å²) in [5.41, 5.74) is 2.42. The second-order valence-electron chi connectivity index (χ2n) is 6.03. The Morgan fingerprint density at radius 3 is 2.54 bits per heavy atom. The summed E-state index contributed by atoms with van der Waals surface area (Å²) < 4.78 is 5.99. The van der Waals surface area contributed by atoms with Crippen LogP contribution in [0.4, 0.5) is 0 Å². The van der Waals surface area contributed by atoms with E-state index in [0.29, 0.717) is 6.42 Å². The number of aliphatic hydroxyl groups is 1. The standard InChI is InChI=1S/C20H28O3Se/c1-15(2)9-8-10-16(3)13-14-18(21)19(20(22)23-4)24-17-11-6-5-7-12-17/h5-7,10-12,18-19,21H,1,8-9,13-14H2,2-4H3/b16-10+/t18-,19+/m0/s1. The molecule has 1 aromatic rings. The fourth-order valence-electron chi connectivity index (χ4n) is 2.24. The predicted molar refractivity (Wildman–Crippen MR) is 101 cm³/mol. The van der Waals surface area contributed by atoms with Crippen LogP contribution in [0, 0.1) is 0 Å². The fourth-order valence-corrected chi connectivity index (χ4v) is 4.53. The summed E-state index contributed by atoms with van der Waals surface area (Å²) in [5.74, 6) is -0.324. The number of methoxy groups -OCH3 is 1. The number of esters is 1. The summed E-state index contributed by atoms with van der Waals surface area (Å²) in [6, 6.07) is 9.83. The van der Waals surface area contributed by atoms with Gasteiger partial charge in [-0.3, -0.25) is 0 Å². The number of carbonyl (C=O) groups excluding carboxylic acids is 1. The van der Waals surface area contributed by atoms with Crippen LogP contribution in [0.1, 0.15) is 39.5 Å². The number of aliphatic hydroxyl groups excluding tert-OH is 1. The average Bonchev–Trinajstić information content (AvgIpc) is 2.57. The van der Waals surface area contributed by atoms with E-state index in [0.717, 1.165) is 23.7 Å². The van der Waals surface area contributed by atoms with Crippen LogP contribution in [0.3, 0.4) is 0 Å². The van der Waals surface area contributed by atoms with Crippen LogP contribution in [-0.2, 0) is 9.53 Å². The van der Waals surface area contributed by atoms with Gasteiger partial charge in [-0.1, -0.05) is 0 Å². The molecule has 0 radical (unpaired) electrons. The van der Waals surface area contributed by atoms with E-state index in [4.69, 9.17) is 4.74 Å². The maximum atomic E-state index is 12.1. The Bertz CT molecular complexity index is 551. The molecule has 4 heteroatoms. The minimum atomic E-state index is -0.679. The third-order valence-corrected chi connectivity index (χ3v) is 6.43. The summed E-state index contributed by atoms with van der Waals surface area (Å²) in [7, 11) is 1.38. The molecular weight excluding hydrogens is 367 g/mol. The Hall–Kier alpha value is -1.35. The summed E-state index contributed by atoms with van der Waals surface area (Å²) in [4.78, 5) is 11.6. The SMILES string of the molecule is C=C(C)CC/C=C(\C)CC[C@H](O)[C@@H]([Se]c1ccccc1)C(=O)OC. The van der Waals surface area contributed by atoms with E-state index in [1.54, 1.807) is 0 Å². The zero-order chi connectivity index (χ0) is 17.9. The van der Waals surface area contributed by atoms with Crippen LogP contribution in [0.25, 0.3) is 0 Å². The number of hydrogen-bond acceptors (Lipinski definition) is 3. The molecule has 132 valence electrons. The van der Waals surface area contributed by atoms with Gasteiger partial charge < -0.3 is 0 Å². The van der Waals surface area contributed by atoms with Crippen LogP contribution in [0.5, 0.6) is 0 Å². The molecule has 0 spiro atoms. The summed E-state index contributed by atoms with van der Waals surface area (Å²) in [6.07, 6.45) is 4.84. The summed E-state index contributed by atoms with van der Waals surface area (Å²) in [5, 5.41) is 10.5. The second kappa shape index (κ2) is 11.2. The molecule has 1 N–H and O–H groups in total. The van der Waals surface area contributed by atoms with Gasteiger partial charge in [0.25, 0.3) is 0 Å². The van der Waals surface area contributed by atoms with Crippen molar-refractivity contribution in [3.8, 4) is 0 Å². The Morgan fingerprint density at radius 1 is 1.29 bits per heavy atom. The normalized spacial score (nSPS) is 14.1. The Balaban J connectivity index is 2.60. The van der Waals surface area contributed by atoms with Crippen LogP contribution >= 0.6 is 0 Å². The third kappa shape index (κ3) is 7.96. The number of ether oxygens (including phenoxy) is 1. The average molecular weight is 395 g/mol. The van der Waals surface area contributed by atoms with Gasteiger partial charge in [-0.25, -0.2) is 0 Å². The molecule has 1 aromatic carbocycles. The van der Waals surface area contributed by atoms with Gasteiger partial charge >= 0.3 is 152 Å².